The van der Waals surface area contributed by atoms with E-state index in [0.29, 0.717) is 0 Å². The molecule has 0 aromatic carbocycles. The third kappa shape index (κ3) is 15.2. The Morgan fingerprint density at radius 3 is 2.39 bits per heavy atom. The van der Waals surface area contributed by atoms with Crippen LogP contribution in [0.4, 0.5) is 0 Å². The fraction of sp³-hybridized carbons (Fsp3) is 0.625. The monoisotopic (exact) mass is 360 g/mol. The number of hydrogen-bond acceptors (Lipinski definition) is 7. The molecule has 0 radical (unpaired) electrons. The van der Waals surface area contributed by atoms with Crippen LogP contribution in [0.1, 0.15) is 0 Å². The molecule has 18 heavy (non-hydrogen) atoms. The van der Waals surface area contributed by atoms with Crippen molar-refractivity contribution >= 4 is 30.4 Å². The first kappa shape index (κ1) is 19.5. The van der Waals surface area contributed by atoms with E-state index >= 15 is 0 Å². The van der Waals surface area contributed by atoms with Gasteiger partial charge in [-0.15, -0.1) is 18.8 Å². The molecule has 0 rings (SSSR count). The number of carboxylic acids is 1. The van der Waals surface area contributed by atoms with Gasteiger partial charge in [0.1, 0.15) is 6.54 Å². The van der Waals surface area contributed by atoms with E-state index in [9.17, 15) is 15.0 Å². The van der Waals surface area contributed by atoms with Crippen molar-refractivity contribution in [3.63, 3.8) is 0 Å². The molecule has 8 nitrogen and oxygen atoms in total. The minimum atomic E-state index is -1.17. The van der Waals surface area contributed by atoms with Crippen LogP contribution in [0.15, 0.2) is 9.98 Å². The van der Waals surface area contributed by atoms with Gasteiger partial charge in [0.2, 0.25) is 0 Å². The van der Waals surface area contributed by atoms with Crippen LogP contribution in [0.3, 0.4) is 0 Å². The average molecular weight is 360 g/mol. The summed E-state index contributed by atoms with van der Waals surface area (Å²) in [5, 5.41) is 33.4. The summed E-state index contributed by atoms with van der Waals surface area (Å²) in [6, 6.07) is 0. The molecule has 0 bridgehead atoms. The Hall–Kier alpha value is -0.831. The Morgan fingerprint density at radius 2 is 1.89 bits per heavy atom. The number of carboxylic acid groups (broad SMARTS) is 1. The molecule has 0 saturated heterocycles. The van der Waals surface area contributed by atoms with E-state index in [0.717, 1.165) is 18.9 Å². The Kier molecular flexibility index (Phi) is 15.4. The van der Waals surface area contributed by atoms with Crippen LogP contribution in [0, 0.1) is 0 Å². The molecule has 0 aliphatic carbocycles. The van der Waals surface area contributed by atoms with Crippen molar-refractivity contribution in [1.82, 2.24) is 0 Å². The fourth-order valence-electron chi connectivity index (χ4n) is 0.672. The Labute approximate surface area is 120 Å². The molecule has 101 valence electrons. The third-order valence-electron chi connectivity index (χ3n) is 1.31. The third-order valence-corrected chi connectivity index (χ3v) is 1.55. The number of rotatable bonds is 8. The van der Waals surface area contributed by atoms with Gasteiger partial charge in [0.05, 0.1) is 0 Å². The maximum atomic E-state index is 10.9. The standard InChI is InChI=1S/C8H14N3O4S.O.Tc/c12-6(11-4-8(14)15)3-9-1-2-10-7(13)5-16;;/h16H,1-5H2,(H,10,13)(H,11,12)(H,14,15);;/q-1;;+4/p-3/i;;1+1. The number of nitrogens with zero attached hydrogens (tertiary/aromatic N) is 3. The van der Waals surface area contributed by atoms with E-state index in [1.165, 1.54) is 0 Å². The van der Waals surface area contributed by atoms with Gasteiger partial charge in [0, 0.05) is 6.54 Å². The molecule has 0 aliphatic rings. The summed E-state index contributed by atoms with van der Waals surface area (Å²) >= 11 is 5.35. The molecule has 0 aromatic rings. The first-order chi connectivity index (χ1) is 8.56. The van der Waals surface area contributed by atoms with Crippen molar-refractivity contribution in [3.05, 3.63) is 5.32 Å². The summed E-state index contributed by atoms with van der Waals surface area (Å²) in [6.07, 6.45) is 0. The van der Waals surface area contributed by atoms with Crippen molar-refractivity contribution in [2.45, 2.75) is 0 Å². The normalized spacial score (nSPS) is 11.7. The van der Waals surface area contributed by atoms with Crippen LogP contribution in [0.5, 0.6) is 0 Å². The van der Waals surface area contributed by atoms with Crippen LogP contribution < -0.4 is 10.2 Å². The number of carbonyl (C=O) groups is 1. The van der Waals surface area contributed by atoms with Crippen molar-refractivity contribution in [3.8, 4) is 0 Å². The van der Waals surface area contributed by atoms with Crippen molar-refractivity contribution in [2.24, 2.45) is 9.98 Å². The summed E-state index contributed by atoms with van der Waals surface area (Å²) in [5.41, 5.74) is 0. The van der Waals surface area contributed by atoms with E-state index < -0.39 is 18.4 Å². The van der Waals surface area contributed by atoms with Gasteiger partial charge in [-0.1, -0.05) is 11.8 Å². The fourth-order valence-corrected chi connectivity index (χ4v) is 0.763. The number of aliphatic carboxylic acids is 1. The van der Waals surface area contributed by atoms with Crippen LogP contribution >= 0.6 is 0 Å². The molecule has 0 heterocycles. The molecule has 0 unspecified atom stereocenters. The molecule has 0 fully saturated rings. The van der Waals surface area contributed by atoms with Gasteiger partial charge in [-0.2, -0.15) is 0 Å². The van der Waals surface area contributed by atoms with E-state index in [1.807, 2.05) is 0 Å². The van der Waals surface area contributed by atoms with Crippen LogP contribution in [-0.2, 0) is 39.8 Å². The van der Waals surface area contributed by atoms with E-state index in [-0.39, 0.29) is 31.3 Å². The van der Waals surface area contributed by atoms with E-state index in [4.69, 9.17) is 8.61 Å². The minimum absolute atomic E-state index is 0.0626. The van der Waals surface area contributed by atoms with Gasteiger partial charge in [-0.05, 0) is 0 Å². The topological polar surface area (TPSA) is 139 Å². The molecule has 0 amide bonds. The average Bonchev–Trinajstić information content (AvgIpc) is 2.38. The number of aliphatic imine (C=N–C) groups is 2. The summed E-state index contributed by atoms with van der Waals surface area (Å²) in [4.78, 5) is 16.8. The molecule has 0 spiro atoms. The molecule has 0 atom stereocenters. The van der Waals surface area contributed by atoms with Gasteiger partial charge in [-0.3, -0.25) is 9.79 Å². The van der Waals surface area contributed by atoms with Crippen LogP contribution in [-0.4, -0.2) is 54.8 Å². The summed E-state index contributed by atoms with van der Waals surface area (Å²) in [7, 11) is 0. The zero-order valence-corrected chi connectivity index (χ0v) is 11.9. The van der Waals surface area contributed by atoms with Crippen molar-refractivity contribution in [2.75, 3.05) is 31.9 Å². The Bertz CT molecular complexity index is 300. The molecule has 10 heteroatoms. The zero-order valence-electron chi connectivity index (χ0n) is 9.24. The molecule has 0 saturated carbocycles. The zero-order chi connectivity index (χ0) is 14.4. The van der Waals surface area contributed by atoms with E-state index in [1.54, 1.807) is 0 Å². The Morgan fingerprint density at radius 1 is 1.28 bits per heavy atom. The second-order valence-electron chi connectivity index (χ2n) is 2.63. The maximum absolute atomic E-state index is 10.9. The van der Waals surface area contributed by atoms with E-state index in [2.05, 4.69) is 27.9 Å². The molecular formula is C8H11N3O5STc. The van der Waals surface area contributed by atoms with Gasteiger partial charge in [0.15, 0.2) is 0 Å². The first-order valence-corrected chi connectivity index (χ1v) is 5.89. The predicted octanol–water partition coefficient (Wildman–Crippen LogP) is -2.61. The summed E-state index contributed by atoms with van der Waals surface area (Å²) in [5.74, 6) is -2.21. The molecule has 0 aromatic heterocycles. The second-order valence-corrected chi connectivity index (χ2v) is 2.92. The Balaban J connectivity index is 0. The summed E-state index contributed by atoms with van der Waals surface area (Å²) < 4.78 is 8.22. The van der Waals surface area contributed by atoms with Gasteiger partial charge < -0.3 is 38.3 Å². The molecule has 0 aliphatic heterocycles. The van der Waals surface area contributed by atoms with Crippen molar-refractivity contribution < 1.29 is 42.5 Å². The van der Waals surface area contributed by atoms with Gasteiger partial charge in [0.25, 0.3) is 0 Å². The molecular weight excluding hydrogens is 349 g/mol. The first-order valence-electron chi connectivity index (χ1n) is 4.55. The van der Waals surface area contributed by atoms with Gasteiger partial charge in [-0.25, -0.2) is 0 Å². The van der Waals surface area contributed by atoms with Gasteiger partial charge >= 0.3 is 28.3 Å². The quantitative estimate of drug-likeness (QED) is 0.218. The SMILES string of the molecule is O=C(O)CN=C([O-])C[N-]CCN=C([O-])C[S-].[O]=[99Tc+4]. The molecule has 1 N–H and O–H groups in total. The number of hydrogen-bond donors (Lipinski definition) is 1. The predicted molar refractivity (Wildman–Crippen MR) is 58.3 cm³/mol. The second kappa shape index (κ2) is 14.2. The summed E-state index contributed by atoms with van der Waals surface area (Å²) in [6.45, 7) is -0.338. The van der Waals surface area contributed by atoms with Crippen molar-refractivity contribution in [1.29, 1.82) is 0 Å². The van der Waals surface area contributed by atoms with Crippen LogP contribution in [0.2, 0.25) is 0 Å². The van der Waals surface area contributed by atoms with Crippen LogP contribution in [0.25, 0.3) is 5.32 Å².